The highest BCUT2D eigenvalue weighted by Gasteiger charge is 2.91. The van der Waals surface area contributed by atoms with Crippen LogP contribution in [0.25, 0.3) is 0 Å². The third-order valence-corrected chi connectivity index (χ3v) is 7.32. The van der Waals surface area contributed by atoms with Crippen molar-refractivity contribution in [2.75, 3.05) is 0 Å². The predicted molar refractivity (Wildman–Crippen MR) is 70.2 cm³/mol. The molecule has 124 valence electrons. The molecule has 8 nitrogen and oxygen atoms in total. The zero-order valence-electron chi connectivity index (χ0n) is 12.0. The van der Waals surface area contributed by atoms with Crippen molar-refractivity contribution < 1.29 is 39.6 Å². The standard InChI is InChI=1S/C15H16O8/c16-10(17)7-8-5-3-14(12(20)21,6-2-1-4(5)6)15(8,13(22)23)9(7)11(18)19/h4-9H,1-3H2,(H,16,17)(H,18,19)(H,20,21)(H,22,23). The van der Waals surface area contributed by atoms with E-state index in [4.69, 9.17) is 0 Å². The Morgan fingerprint density at radius 2 is 1.48 bits per heavy atom. The maximum absolute atomic E-state index is 12.1. The van der Waals surface area contributed by atoms with Crippen molar-refractivity contribution in [3.8, 4) is 0 Å². The second kappa shape index (κ2) is 3.85. The highest BCUT2D eigenvalue weighted by atomic mass is 16.4. The summed E-state index contributed by atoms with van der Waals surface area (Å²) >= 11 is 0. The third kappa shape index (κ3) is 1.13. The van der Waals surface area contributed by atoms with Crippen LogP contribution in [-0.2, 0) is 19.2 Å². The van der Waals surface area contributed by atoms with Crippen molar-refractivity contribution in [1.29, 1.82) is 0 Å². The fourth-order valence-corrected chi connectivity index (χ4v) is 6.77. The van der Waals surface area contributed by atoms with Gasteiger partial charge in [0.15, 0.2) is 0 Å². The number of rotatable bonds is 4. The molecule has 8 unspecified atom stereocenters. The summed E-state index contributed by atoms with van der Waals surface area (Å²) in [5, 5.41) is 38.6. The van der Waals surface area contributed by atoms with Gasteiger partial charge in [-0.3, -0.25) is 19.2 Å². The highest BCUT2D eigenvalue weighted by molar-refractivity contribution is 5.99. The summed E-state index contributed by atoms with van der Waals surface area (Å²) in [5.41, 5.74) is -3.65. The van der Waals surface area contributed by atoms with E-state index in [1.807, 2.05) is 0 Å². The molecule has 4 aliphatic carbocycles. The van der Waals surface area contributed by atoms with Crippen LogP contribution in [0.2, 0.25) is 0 Å². The zero-order valence-corrected chi connectivity index (χ0v) is 12.0. The molecule has 0 aromatic heterocycles. The van der Waals surface area contributed by atoms with Crippen LogP contribution in [0.1, 0.15) is 19.3 Å². The molecule has 4 N–H and O–H groups in total. The lowest BCUT2D eigenvalue weighted by Crippen LogP contribution is -2.75. The van der Waals surface area contributed by atoms with Gasteiger partial charge in [-0.15, -0.1) is 0 Å². The Kier molecular flexibility index (Phi) is 2.42. The molecule has 8 heteroatoms. The normalized spacial score (nSPS) is 51.8. The third-order valence-electron chi connectivity index (χ3n) is 7.32. The van der Waals surface area contributed by atoms with Crippen LogP contribution in [0.3, 0.4) is 0 Å². The quantitative estimate of drug-likeness (QED) is 0.573. The van der Waals surface area contributed by atoms with Crippen LogP contribution in [0, 0.1) is 46.3 Å². The number of fused-ring (bicyclic) bond motifs is 8. The first-order valence-electron chi connectivity index (χ1n) is 7.65. The molecule has 2 bridgehead atoms. The van der Waals surface area contributed by atoms with Gasteiger partial charge in [-0.25, -0.2) is 0 Å². The van der Waals surface area contributed by atoms with Crippen molar-refractivity contribution in [3.05, 3.63) is 0 Å². The van der Waals surface area contributed by atoms with Crippen molar-refractivity contribution >= 4 is 23.9 Å². The minimum Gasteiger partial charge on any atom is -0.481 e. The molecule has 0 heterocycles. The van der Waals surface area contributed by atoms with E-state index in [0.29, 0.717) is 6.42 Å². The van der Waals surface area contributed by atoms with Gasteiger partial charge in [0.25, 0.3) is 0 Å². The second-order valence-corrected chi connectivity index (χ2v) is 7.37. The predicted octanol–water partition coefficient (Wildman–Crippen LogP) is 0.219. The molecule has 0 saturated heterocycles. The maximum Gasteiger partial charge on any atom is 0.312 e. The van der Waals surface area contributed by atoms with E-state index in [1.165, 1.54) is 0 Å². The Hall–Kier alpha value is -2.12. The first-order chi connectivity index (χ1) is 10.7. The van der Waals surface area contributed by atoms with Gasteiger partial charge in [0.1, 0.15) is 5.41 Å². The topological polar surface area (TPSA) is 149 Å². The number of hydrogen-bond donors (Lipinski definition) is 4. The molecule has 0 aromatic carbocycles. The van der Waals surface area contributed by atoms with Gasteiger partial charge in [-0.2, -0.15) is 0 Å². The molecular formula is C15H16O8. The largest absolute Gasteiger partial charge is 0.481 e. The molecule has 4 aliphatic rings. The molecule has 4 fully saturated rings. The maximum atomic E-state index is 12.1. The van der Waals surface area contributed by atoms with Crippen LogP contribution in [-0.4, -0.2) is 44.3 Å². The Balaban J connectivity index is 1.97. The van der Waals surface area contributed by atoms with Crippen LogP contribution in [0.4, 0.5) is 0 Å². The number of aliphatic carboxylic acids is 4. The summed E-state index contributed by atoms with van der Waals surface area (Å²) in [7, 11) is 0. The lowest BCUT2D eigenvalue weighted by molar-refractivity contribution is -0.253. The summed E-state index contributed by atoms with van der Waals surface area (Å²) in [6.07, 6.45) is 1.42. The van der Waals surface area contributed by atoms with E-state index < -0.39 is 52.5 Å². The minimum absolute atomic E-state index is 0.0140. The van der Waals surface area contributed by atoms with Crippen molar-refractivity contribution in [1.82, 2.24) is 0 Å². The Labute approximate surface area is 130 Å². The molecule has 4 rings (SSSR count). The van der Waals surface area contributed by atoms with Gasteiger partial charge in [0, 0.05) is 0 Å². The molecule has 0 spiro atoms. The van der Waals surface area contributed by atoms with Crippen LogP contribution < -0.4 is 0 Å². The Morgan fingerprint density at radius 3 is 1.87 bits per heavy atom. The average Bonchev–Trinajstić information content (AvgIpc) is 2.67. The number of carbonyl (C=O) groups is 4. The van der Waals surface area contributed by atoms with Crippen LogP contribution in [0.5, 0.6) is 0 Å². The Morgan fingerprint density at radius 1 is 0.826 bits per heavy atom. The Bertz CT molecular complexity index is 670. The molecular weight excluding hydrogens is 308 g/mol. The summed E-state index contributed by atoms with van der Waals surface area (Å²) in [6, 6.07) is 0. The molecule has 8 atom stereocenters. The average molecular weight is 324 g/mol. The van der Waals surface area contributed by atoms with E-state index in [1.54, 1.807) is 0 Å². The minimum atomic E-state index is -2.00. The SMILES string of the molecule is O=C(O)C1C(C(=O)O)C2(C(=O)O)C1C1CC2(C(=O)O)C2CCC12. The lowest BCUT2D eigenvalue weighted by Gasteiger charge is -2.65. The lowest BCUT2D eigenvalue weighted by atomic mass is 9.33. The van der Waals surface area contributed by atoms with Gasteiger partial charge in [-0.05, 0) is 42.9 Å². The van der Waals surface area contributed by atoms with Gasteiger partial charge < -0.3 is 20.4 Å². The van der Waals surface area contributed by atoms with E-state index in [2.05, 4.69) is 0 Å². The molecule has 0 amide bonds. The number of hydrogen-bond acceptors (Lipinski definition) is 4. The molecule has 0 aliphatic heterocycles. The molecule has 4 saturated carbocycles. The smallest absolute Gasteiger partial charge is 0.312 e. The zero-order chi connectivity index (χ0) is 16.9. The van der Waals surface area contributed by atoms with Crippen molar-refractivity contribution in [3.63, 3.8) is 0 Å². The summed E-state index contributed by atoms with van der Waals surface area (Å²) < 4.78 is 0. The van der Waals surface area contributed by atoms with E-state index in [9.17, 15) is 39.6 Å². The first-order valence-corrected chi connectivity index (χ1v) is 7.65. The van der Waals surface area contributed by atoms with Gasteiger partial charge >= 0.3 is 23.9 Å². The summed E-state index contributed by atoms with van der Waals surface area (Å²) in [4.78, 5) is 47.5. The molecule has 23 heavy (non-hydrogen) atoms. The van der Waals surface area contributed by atoms with Crippen molar-refractivity contribution in [2.24, 2.45) is 46.3 Å². The first kappa shape index (κ1) is 14.5. The van der Waals surface area contributed by atoms with E-state index >= 15 is 0 Å². The number of carboxylic acids is 4. The second-order valence-electron chi connectivity index (χ2n) is 7.37. The number of carboxylic acid groups (broad SMARTS) is 4. The van der Waals surface area contributed by atoms with Gasteiger partial charge in [0.05, 0.1) is 17.3 Å². The molecule has 0 aromatic rings. The summed E-state index contributed by atoms with van der Waals surface area (Å²) in [6.45, 7) is 0. The summed E-state index contributed by atoms with van der Waals surface area (Å²) in [5.74, 6) is -10.2. The van der Waals surface area contributed by atoms with Gasteiger partial charge in [0.2, 0.25) is 0 Å². The van der Waals surface area contributed by atoms with Crippen molar-refractivity contribution in [2.45, 2.75) is 19.3 Å². The fraction of sp³-hybridized carbons (Fsp3) is 0.733. The highest BCUT2D eigenvalue weighted by Crippen LogP contribution is 2.84. The van der Waals surface area contributed by atoms with E-state index in [-0.39, 0.29) is 24.2 Å². The van der Waals surface area contributed by atoms with Crippen LogP contribution in [0.15, 0.2) is 0 Å². The van der Waals surface area contributed by atoms with Crippen LogP contribution >= 0.6 is 0 Å². The van der Waals surface area contributed by atoms with E-state index in [0.717, 1.165) is 6.42 Å². The molecule has 0 radical (unpaired) electrons. The van der Waals surface area contributed by atoms with Gasteiger partial charge in [-0.1, -0.05) is 0 Å². The fourth-order valence-electron chi connectivity index (χ4n) is 6.77. The monoisotopic (exact) mass is 324 g/mol.